The normalized spacial score (nSPS) is 15.4. The summed E-state index contributed by atoms with van der Waals surface area (Å²) >= 11 is 0. The summed E-state index contributed by atoms with van der Waals surface area (Å²) in [5, 5.41) is 7.26. The van der Waals surface area contributed by atoms with Crippen LogP contribution in [-0.4, -0.2) is 23.3 Å². The first-order chi connectivity index (χ1) is 9.33. The van der Waals surface area contributed by atoms with Crippen molar-refractivity contribution in [1.29, 1.82) is 0 Å². The van der Waals surface area contributed by atoms with Crippen molar-refractivity contribution >= 4 is 11.8 Å². The molecule has 2 heterocycles. The standard InChI is InChI=1S/C16H19N3/c1-13(10-14-6-3-2-4-7-14)12-19-9-5-8-15-16(19)11-17-18-15/h2-4,6-7,10-11H,5,8-9,12H2,1H3,(H,17,18)/b13-10+. The monoisotopic (exact) mass is 253 g/mol. The summed E-state index contributed by atoms with van der Waals surface area (Å²) in [6, 6.07) is 10.5. The van der Waals surface area contributed by atoms with E-state index in [4.69, 9.17) is 0 Å². The SMILES string of the molecule is C/C(=C\c1ccccc1)CN1CCCc2[nH]ncc21. The van der Waals surface area contributed by atoms with E-state index >= 15 is 0 Å². The Morgan fingerprint density at radius 2 is 2.21 bits per heavy atom. The number of benzene rings is 1. The van der Waals surface area contributed by atoms with Crippen molar-refractivity contribution in [3.63, 3.8) is 0 Å². The minimum atomic E-state index is 0.974. The average molecular weight is 253 g/mol. The zero-order valence-corrected chi connectivity index (χ0v) is 11.3. The smallest absolute Gasteiger partial charge is 0.0785 e. The zero-order chi connectivity index (χ0) is 13.1. The molecule has 0 aliphatic carbocycles. The Kier molecular flexibility index (Phi) is 3.36. The Balaban J connectivity index is 1.75. The third-order valence-electron chi connectivity index (χ3n) is 3.54. The molecule has 98 valence electrons. The highest BCUT2D eigenvalue weighted by Crippen LogP contribution is 2.25. The number of H-pyrrole nitrogens is 1. The highest BCUT2D eigenvalue weighted by molar-refractivity contribution is 5.57. The topological polar surface area (TPSA) is 31.9 Å². The van der Waals surface area contributed by atoms with Crippen LogP contribution in [0.3, 0.4) is 0 Å². The van der Waals surface area contributed by atoms with E-state index in [-0.39, 0.29) is 0 Å². The molecule has 1 aromatic heterocycles. The maximum Gasteiger partial charge on any atom is 0.0785 e. The Bertz CT molecular complexity index is 569. The number of anilines is 1. The third kappa shape index (κ3) is 2.70. The number of nitrogens with zero attached hydrogens (tertiary/aromatic N) is 2. The molecule has 3 heteroatoms. The molecule has 0 fully saturated rings. The van der Waals surface area contributed by atoms with Crippen molar-refractivity contribution in [2.45, 2.75) is 19.8 Å². The second-order valence-corrected chi connectivity index (χ2v) is 5.16. The molecule has 19 heavy (non-hydrogen) atoms. The predicted molar refractivity (Wildman–Crippen MR) is 79.2 cm³/mol. The summed E-state index contributed by atoms with van der Waals surface area (Å²) in [5.74, 6) is 0. The molecular weight excluding hydrogens is 234 g/mol. The largest absolute Gasteiger partial charge is 0.365 e. The van der Waals surface area contributed by atoms with Gasteiger partial charge in [-0.2, -0.15) is 5.10 Å². The molecular formula is C16H19N3. The van der Waals surface area contributed by atoms with Crippen LogP contribution in [0.4, 0.5) is 5.69 Å². The lowest BCUT2D eigenvalue weighted by Gasteiger charge is -2.28. The van der Waals surface area contributed by atoms with Gasteiger partial charge >= 0.3 is 0 Å². The number of aromatic nitrogens is 2. The Labute approximate surface area is 114 Å². The van der Waals surface area contributed by atoms with Crippen molar-refractivity contribution in [3.8, 4) is 0 Å². The highest BCUT2D eigenvalue weighted by atomic mass is 15.2. The lowest BCUT2D eigenvalue weighted by atomic mass is 10.1. The maximum atomic E-state index is 4.16. The molecule has 1 N–H and O–H groups in total. The van der Waals surface area contributed by atoms with E-state index in [0.29, 0.717) is 0 Å². The number of aryl methyl sites for hydroxylation is 1. The molecule has 1 aliphatic heterocycles. The molecule has 0 spiro atoms. The van der Waals surface area contributed by atoms with E-state index in [2.05, 4.69) is 58.4 Å². The van der Waals surface area contributed by atoms with Crippen molar-refractivity contribution in [2.24, 2.45) is 0 Å². The molecule has 1 aliphatic rings. The highest BCUT2D eigenvalue weighted by Gasteiger charge is 2.18. The number of aromatic amines is 1. The van der Waals surface area contributed by atoms with Gasteiger partial charge in [-0.3, -0.25) is 5.10 Å². The number of hydrogen-bond acceptors (Lipinski definition) is 2. The van der Waals surface area contributed by atoms with Gasteiger partial charge in [0.15, 0.2) is 0 Å². The van der Waals surface area contributed by atoms with E-state index < -0.39 is 0 Å². The molecule has 0 atom stereocenters. The van der Waals surface area contributed by atoms with Crippen LogP contribution in [0.5, 0.6) is 0 Å². The molecule has 3 rings (SSSR count). The van der Waals surface area contributed by atoms with Gasteiger partial charge in [-0.25, -0.2) is 0 Å². The summed E-state index contributed by atoms with van der Waals surface area (Å²) in [5.41, 5.74) is 5.19. The van der Waals surface area contributed by atoms with Crippen LogP contribution in [0, 0.1) is 0 Å². The lowest BCUT2D eigenvalue weighted by Crippen LogP contribution is -2.30. The Morgan fingerprint density at radius 1 is 1.37 bits per heavy atom. The van der Waals surface area contributed by atoms with E-state index in [1.807, 2.05) is 6.20 Å². The summed E-state index contributed by atoms with van der Waals surface area (Å²) < 4.78 is 0. The first-order valence-electron chi connectivity index (χ1n) is 6.82. The van der Waals surface area contributed by atoms with Crippen molar-refractivity contribution < 1.29 is 0 Å². The summed E-state index contributed by atoms with van der Waals surface area (Å²) in [7, 11) is 0. The second kappa shape index (κ2) is 5.31. The van der Waals surface area contributed by atoms with Crippen molar-refractivity contribution in [1.82, 2.24) is 10.2 Å². The van der Waals surface area contributed by atoms with Crippen molar-refractivity contribution in [3.05, 3.63) is 53.4 Å². The van der Waals surface area contributed by atoms with Gasteiger partial charge in [0.25, 0.3) is 0 Å². The molecule has 0 saturated carbocycles. The van der Waals surface area contributed by atoms with Gasteiger partial charge in [0.05, 0.1) is 17.6 Å². The number of hydrogen-bond donors (Lipinski definition) is 1. The molecule has 0 bridgehead atoms. The molecule has 0 radical (unpaired) electrons. The van der Waals surface area contributed by atoms with Crippen LogP contribution >= 0.6 is 0 Å². The Morgan fingerprint density at radius 3 is 3.05 bits per heavy atom. The first-order valence-corrected chi connectivity index (χ1v) is 6.82. The molecule has 3 nitrogen and oxygen atoms in total. The second-order valence-electron chi connectivity index (χ2n) is 5.16. The fraction of sp³-hybridized carbons (Fsp3) is 0.312. The maximum absolute atomic E-state index is 4.16. The van der Waals surface area contributed by atoms with Gasteiger partial charge < -0.3 is 4.90 Å². The minimum Gasteiger partial charge on any atom is -0.365 e. The summed E-state index contributed by atoms with van der Waals surface area (Å²) in [6.07, 6.45) is 6.53. The van der Waals surface area contributed by atoms with Crippen LogP contribution in [0.1, 0.15) is 24.6 Å². The molecule has 2 aromatic rings. The van der Waals surface area contributed by atoms with E-state index in [1.165, 1.54) is 28.9 Å². The van der Waals surface area contributed by atoms with Crippen LogP contribution in [0.2, 0.25) is 0 Å². The fourth-order valence-corrected chi connectivity index (χ4v) is 2.67. The Hall–Kier alpha value is -2.03. The number of rotatable bonds is 3. The summed E-state index contributed by atoms with van der Waals surface area (Å²) in [6.45, 7) is 4.29. The van der Waals surface area contributed by atoms with Gasteiger partial charge in [-0.05, 0) is 25.3 Å². The van der Waals surface area contributed by atoms with Crippen LogP contribution < -0.4 is 4.90 Å². The summed E-state index contributed by atoms with van der Waals surface area (Å²) in [4.78, 5) is 2.41. The predicted octanol–water partition coefficient (Wildman–Crippen LogP) is 3.27. The van der Waals surface area contributed by atoms with Crippen LogP contribution in [0.15, 0.2) is 42.1 Å². The number of nitrogens with one attached hydrogen (secondary N) is 1. The molecule has 1 aromatic carbocycles. The van der Waals surface area contributed by atoms with Gasteiger partial charge in [0.2, 0.25) is 0 Å². The lowest BCUT2D eigenvalue weighted by molar-refractivity contribution is 0.704. The van der Waals surface area contributed by atoms with Crippen LogP contribution in [-0.2, 0) is 6.42 Å². The van der Waals surface area contributed by atoms with Gasteiger partial charge in [0.1, 0.15) is 0 Å². The third-order valence-corrected chi connectivity index (χ3v) is 3.54. The quantitative estimate of drug-likeness (QED) is 0.910. The van der Waals surface area contributed by atoms with Crippen molar-refractivity contribution in [2.75, 3.05) is 18.0 Å². The average Bonchev–Trinajstić information content (AvgIpc) is 2.89. The van der Waals surface area contributed by atoms with E-state index in [1.54, 1.807) is 0 Å². The van der Waals surface area contributed by atoms with E-state index in [9.17, 15) is 0 Å². The van der Waals surface area contributed by atoms with Gasteiger partial charge in [-0.15, -0.1) is 0 Å². The molecule has 0 amide bonds. The number of fused-ring (bicyclic) bond motifs is 1. The van der Waals surface area contributed by atoms with Gasteiger partial charge in [-0.1, -0.05) is 42.0 Å². The first kappa shape index (κ1) is 12.0. The zero-order valence-electron chi connectivity index (χ0n) is 11.3. The molecule has 0 unspecified atom stereocenters. The van der Waals surface area contributed by atoms with Gasteiger partial charge in [0, 0.05) is 13.1 Å². The minimum absolute atomic E-state index is 0.974. The van der Waals surface area contributed by atoms with E-state index in [0.717, 1.165) is 19.5 Å². The fourth-order valence-electron chi connectivity index (χ4n) is 2.67. The van der Waals surface area contributed by atoms with Crippen LogP contribution in [0.25, 0.3) is 6.08 Å². The molecule has 0 saturated heterocycles.